The summed E-state index contributed by atoms with van der Waals surface area (Å²) < 4.78 is 0. The van der Waals surface area contributed by atoms with Crippen LogP contribution in [0.2, 0.25) is 0 Å². The third-order valence-electron chi connectivity index (χ3n) is 3.20. The van der Waals surface area contributed by atoms with Crippen LogP contribution in [0.15, 0.2) is 29.2 Å². The number of thioether (sulfide) groups is 1. The van der Waals surface area contributed by atoms with E-state index in [2.05, 4.69) is 43.4 Å². The fourth-order valence-corrected chi connectivity index (χ4v) is 2.86. The maximum Gasteiger partial charge on any atom is 0.233 e. The van der Waals surface area contributed by atoms with Gasteiger partial charge in [-0.3, -0.25) is 4.79 Å². The van der Waals surface area contributed by atoms with Crippen LogP contribution in [0.3, 0.4) is 0 Å². The fraction of sp³-hybridized carbons (Fsp3) is 0.500. The molecule has 4 heteroatoms. The van der Waals surface area contributed by atoms with Gasteiger partial charge in [0.15, 0.2) is 0 Å². The van der Waals surface area contributed by atoms with E-state index in [1.807, 2.05) is 4.90 Å². The first-order chi connectivity index (χ1) is 8.66. The van der Waals surface area contributed by atoms with E-state index in [0.717, 1.165) is 24.5 Å². The quantitative estimate of drug-likeness (QED) is 0.846. The van der Waals surface area contributed by atoms with Crippen molar-refractivity contribution in [1.82, 2.24) is 10.2 Å². The molecule has 1 amide bonds. The van der Waals surface area contributed by atoms with Crippen LogP contribution in [0.4, 0.5) is 0 Å². The van der Waals surface area contributed by atoms with Crippen molar-refractivity contribution in [3.63, 3.8) is 0 Å². The lowest BCUT2D eigenvalue weighted by molar-refractivity contribution is -0.131. The molecule has 1 fully saturated rings. The van der Waals surface area contributed by atoms with Gasteiger partial charge in [-0.2, -0.15) is 0 Å². The Morgan fingerprint density at radius 1 is 1.44 bits per heavy atom. The summed E-state index contributed by atoms with van der Waals surface area (Å²) in [4.78, 5) is 15.3. The highest BCUT2D eigenvalue weighted by molar-refractivity contribution is 8.00. The van der Waals surface area contributed by atoms with Crippen molar-refractivity contribution in [3.05, 3.63) is 29.8 Å². The maximum atomic E-state index is 12.1. The smallest absolute Gasteiger partial charge is 0.233 e. The van der Waals surface area contributed by atoms with Crippen molar-refractivity contribution in [1.29, 1.82) is 0 Å². The Bertz CT molecular complexity index is 405. The predicted octanol–water partition coefficient (Wildman–Crippen LogP) is 1.91. The normalized spacial score (nSPS) is 19.9. The second-order valence-electron chi connectivity index (χ2n) is 4.74. The summed E-state index contributed by atoms with van der Waals surface area (Å²) >= 11 is 1.62. The number of amides is 1. The molecule has 0 aliphatic carbocycles. The Morgan fingerprint density at radius 2 is 2.17 bits per heavy atom. The minimum absolute atomic E-state index is 0.245. The molecule has 2 rings (SSSR count). The molecule has 1 aliphatic heterocycles. The van der Waals surface area contributed by atoms with Crippen LogP contribution in [0, 0.1) is 6.92 Å². The zero-order valence-electron chi connectivity index (χ0n) is 11.0. The summed E-state index contributed by atoms with van der Waals surface area (Å²) in [5.41, 5.74) is 1.25. The largest absolute Gasteiger partial charge is 0.337 e. The number of carbonyl (C=O) groups is 1. The van der Waals surface area contributed by atoms with Crippen LogP contribution in [-0.2, 0) is 4.79 Å². The first kappa shape index (κ1) is 13.4. The van der Waals surface area contributed by atoms with E-state index in [4.69, 9.17) is 0 Å². The highest BCUT2D eigenvalue weighted by Crippen LogP contribution is 2.19. The first-order valence-electron chi connectivity index (χ1n) is 6.36. The Balaban J connectivity index is 1.85. The molecule has 1 heterocycles. The highest BCUT2D eigenvalue weighted by atomic mass is 32.2. The van der Waals surface area contributed by atoms with Crippen LogP contribution in [-0.4, -0.2) is 42.2 Å². The topological polar surface area (TPSA) is 32.3 Å². The van der Waals surface area contributed by atoms with Crippen molar-refractivity contribution in [2.45, 2.75) is 24.8 Å². The molecule has 1 N–H and O–H groups in total. The van der Waals surface area contributed by atoms with Gasteiger partial charge in [-0.1, -0.05) is 17.7 Å². The lowest BCUT2D eigenvalue weighted by Gasteiger charge is -2.33. The van der Waals surface area contributed by atoms with Gasteiger partial charge in [0, 0.05) is 30.6 Å². The monoisotopic (exact) mass is 264 g/mol. The minimum atomic E-state index is 0.245. The third kappa shape index (κ3) is 3.50. The van der Waals surface area contributed by atoms with Gasteiger partial charge in [-0.15, -0.1) is 11.8 Å². The summed E-state index contributed by atoms with van der Waals surface area (Å²) in [6.45, 7) is 6.81. The number of hydrogen-bond acceptors (Lipinski definition) is 3. The van der Waals surface area contributed by atoms with Gasteiger partial charge in [0.25, 0.3) is 0 Å². The number of nitrogens with zero attached hydrogens (tertiary/aromatic N) is 1. The average molecular weight is 264 g/mol. The minimum Gasteiger partial charge on any atom is -0.337 e. The van der Waals surface area contributed by atoms with E-state index in [0.29, 0.717) is 11.8 Å². The molecule has 1 aliphatic rings. The number of hydrogen-bond donors (Lipinski definition) is 1. The number of rotatable bonds is 3. The SMILES string of the molecule is Cc1ccc(SCC(=O)N2CCNC[C@H]2C)cc1. The van der Waals surface area contributed by atoms with Crippen molar-refractivity contribution in [3.8, 4) is 0 Å². The van der Waals surface area contributed by atoms with E-state index in [-0.39, 0.29) is 5.91 Å². The maximum absolute atomic E-state index is 12.1. The van der Waals surface area contributed by atoms with Crippen molar-refractivity contribution < 1.29 is 4.79 Å². The lowest BCUT2D eigenvalue weighted by Crippen LogP contribution is -2.52. The molecule has 1 aromatic rings. The van der Waals surface area contributed by atoms with E-state index >= 15 is 0 Å². The Morgan fingerprint density at radius 3 is 2.83 bits per heavy atom. The average Bonchev–Trinajstić information content (AvgIpc) is 2.38. The zero-order valence-corrected chi connectivity index (χ0v) is 11.8. The van der Waals surface area contributed by atoms with E-state index in [1.165, 1.54) is 5.56 Å². The Hall–Kier alpha value is -1.00. The van der Waals surface area contributed by atoms with Gasteiger partial charge in [0.05, 0.1) is 5.75 Å². The second-order valence-corrected chi connectivity index (χ2v) is 5.79. The molecular formula is C14H20N2OS. The standard InChI is InChI=1S/C14H20N2OS/c1-11-3-5-13(6-4-11)18-10-14(17)16-8-7-15-9-12(16)2/h3-6,12,15H,7-10H2,1-2H3/t12-/m1/s1. The molecule has 0 aromatic heterocycles. The van der Waals surface area contributed by atoms with Crippen LogP contribution in [0.1, 0.15) is 12.5 Å². The lowest BCUT2D eigenvalue weighted by atomic mass is 10.2. The molecule has 0 spiro atoms. The molecule has 1 saturated heterocycles. The highest BCUT2D eigenvalue weighted by Gasteiger charge is 2.22. The number of benzene rings is 1. The number of piperazine rings is 1. The van der Waals surface area contributed by atoms with Crippen LogP contribution in [0.5, 0.6) is 0 Å². The molecule has 0 saturated carbocycles. The molecule has 0 bridgehead atoms. The predicted molar refractivity (Wildman–Crippen MR) is 75.9 cm³/mol. The van der Waals surface area contributed by atoms with Gasteiger partial charge in [0.2, 0.25) is 5.91 Å². The summed E-state index contributed by atoms with van der Waals surface area (Å²) in [5.74, 6) is 0.780. The first-order valence-corrected chi connectivity index (χ1v) is 7.35. The van der Waals surface area contributed by atoms with E-state index in [1.54, 1.807) is 11.8 Å². The summed E-state index contributed by atoms with van der Waals surface area (Å²) in [7, 11) is 0. The number of carbonyl (C=O) groups excluding carboxylic acids is 1. The second kappa shape index (κ2) is 6.25. The molecule has 18 heavy (non-hydrogen) atoms. The summed E-state index contributed by atoms with van der Waals surface area (Å²) in [6.07, 6.45) is 0. The Kier molecular flexibility index (Phi) is 4.66. The third-order valence-corrected chi connectivity index (χ3v) is 4.20. The fourth-order valence-electron chi connectivity index (χ4n) is 2.07. The van der Waals surface area contributed by atoms with Crippen LogP contribution in [0.25, 0.3) is 0 Å². The van der Waals surface area contributed by atoms with E-state index in [9.17, 15) is 4.79 Å². The number of nitrogens with one attached hydrogen (secondary N) is 1. The van der Waals surface area contributed by atoms with Gasteiger partial charge in [0.1, 0.15) is 0 Å². The summed E-state index contributed by atoms with van der Waals surface area (Å²) in [5, 5.41) is 3.30. The van der Waals surface area contributed by atoms with Crippen molar-refractivity contribution in [2.24, 2.45) is 0 Å². The van der Waals surface area contributed by atoms with Gasteiger partial charge < -0.3 is 10.2 Å². The summed E-state index contributed by atoms with van der Waals surface area (Å²) in [6, 6.07) is 8.63. The molecule has 3 nitrogen and oxygen atoms in total. The van der Waals surface area contributed by atoms with Crippen LogP contribution >= 0.6 is 11.8 Å². The number of aryl methyl sites for hydroxylation is 1. The Labute approximate surface area is 113 Å². The molecule has 0 unspecified atom stereocenters. The van der Waals surface area contributed by atoms with Crippen molar-refractivity contribution in [2.75, 3.05) is 25.4 Å². The molecular weight excluding hydrogens is 244 g/mol. The van der Waals surface area contributed by atoms with Gasteiger partial charge in [-0.25, -0.2) is 0 Å². The molecule has 98 valence electrons. The van der Waals surface area contributed by atoms with Crippen LogP contribution < -0.4 is 5.32 Å². The van der Waals surface area contributed by atoms with Gasteiger partial charge >= 0.3 is 0 Å². The zero-order chi connectivity index (χ0) is 13.0. The van der Waals surface area contributed by atoms with Gasteiger partial charge in [-0.05, 0) is 26.0 Å². The van der Waals surface area contributed by atoms with E-state index < -0.39 is 0 Å². The molecule has 0 radical (unpaired) electrons. The molecule has 1 atom stereocenters. The molecule has 1 aromatic carbocycles. The van der Waals surface area contributed by atoms with Crippen molar-refractivity contribution >= 4 is 17.7 Å².